The predicted molar refractivity (Wildman–Crippen MR) is 102 cm³/mol. The van der Waals surface area contributed by atoms with E-state index in [-0.39, 0.29) is 23.2 Å². The molecule has 0 radical (unpaired) electrons. The first-order valence-electron chi connectivity index (χ1n) is 8.32. The van der Waals surface area contributed by atoms with E-state index >= 15 is 0 Å². The SMILES string of the molecule is O=C(NCc1c(F)cccc1F)c1ccc(-c2cnc3[nH]cc(C(=O)O)c3n2)s1. The summed E-state index contributed by atoms with van der Waals surface area (Å²) in [6.07, 6.45) is 2.78. The summed E-state index contributed by atoms with van der Waals surface area (Å²) in [5.41, 5.74) is 0.735. The van der Waals surface area contributed by atoms with Crippen molar-refractivity contribution in [2.75, 3.05) is 0 Å². The minimum atomic E-state index is -1.13. The van der Waals surface area contributed by atoms with Crippen molar-refractivity contribution in [2.24, 2.45) is 0 Å². The van der Waals surface area contributed by atoms with Gasteiger partial charge >= 0.3 is 5.97 Å². The van der Waals surface area contributed by atoms with E-state index in [1.165, 1.54) is 18.5 Å². The molecule has 0 spiro atoms. The number of benzene rings is 1. The second kappa shape index (κ2) is 7.40. The fourth-order valence-corrected chi connectivity index (χ4v) is 3.60. The van der Waals surface area contributed by atoms with Gasteiger partial charge in [0.2, 0.25) is 0 Å². The number of rotatable bonds is 5. The normalized spacial score (nSPS) is 11.0. The van der Waals surface area contributed by atoms with Crippen LogP contribution in [0.1, 0.15) is 25.6 Å². The summed E-state index contributed by atoms with van der Waals surface area (Å²) in [6, 6.07) is 6.68. The lowest BCUT2D eigenvalue weighted by molar-refractivity contribution is 0.0698. The Kier molecular flexibility index (Phi) is 4.77. The van der Waals surface area contributed by atoms with Crippen LogP contribution in [0.4, 0.5) is 8.78 Å². The quantitative estimate of drug-likeness (QED) is 0.463. The number of carboxylic acid groups (broad SMARTS) is 1. The van der Waals surface area contributed by atoms with Crippen LogP contribution in [0.15, 0.2) is 42.7 Å². The molecule has 7 nitrogen and oxygen atoms in total. The third-order valence-corrected chi connectivity index (χ3v) is 5.29. The molecule has 0 aliphatic carbocycles. The Morgan fingerprint density at radius 2 is 1.93 bits per heavy atom. The van der Waals surface area contributed by atoms with Gasteiger partial charge in [0.05, 0.1) is 21.6 Å². The van der Waals surface area contributed by atoms with Gasteiger partial charge in [-0.1, -0.05) is 6.07 Å². The van der Waals surface area contributed by atoms with Gasteiger partial charge in [0.25, 0.3) is 5.91 Å². The molecule has 29 heavy (non-hydrogen) atoms. The smallest absolute Gasteiger partial charge is 0.339 e. The molecule has 3 N–H and O–H groups in total. The zero-order chi connectivity index (χ0) is 20.5. The standard InChI is InChI=1S/C19H12F2N4O3S/c20-11-2-1-3-12(21)9(11)6-24-18(26)15-5-4-14(29-15)13-8-23-17-16(25-13)10(7-22-17)19(27)28/h1-5,7-8H,6H2,(H,22,23)(H,24,26)(H,27,28). The molecule has 0 bridgehead atoms. The third kappa shape index (κ3) is 3.57. The molecule has 3 heterocycles. The first kappa shape index (κ1) is 18.7. The van der Waals surface area contributed by atoms with E-state index in [0.29, 0.717) is 21.1 Å². The lowest BCUT2D eigenvalue weighted by atomic mass is 10.2. The van der Waals surface area contributed by atoms with Crippen molar-refractivity contribution in [3.05, 3.63) is 70.4 Å². The number of hydrogen-bond acceptors (Lipinski definition) is 5. The van der Waals surface area contributed by atoms with Crippen molar-refractivity contribution in [3.63, 3.8) is 0 Å². The number of aromatic nitrogens is 3. The average molecular weight is 414 g/mol. The molecule has 1 amide bonds. The minimum Gasteiger partial charge on any atom is -0.478 e. The number of carbonyl (C=O) groups is 2. The number of carboxylic acids is 1. The van der Waals surface area contributed by atoms with Crippen LogP contribution >= 0.6 is 11.3 Å². The Bertz CT molecular complexity index is 1230. The summed E-state index contributed by atoms with van der Waals surface area (Å²) in [4.78, 5) is 35.7. The summed E-state index contributed by atoms with van der Waals surface area (Å²) < 4.78 is 27.3. The fraction of sp³-hybridized carbons (Fsp3) is 0.0526. The van der Waals surface area contributed by atoms with E-state index in [4.69, 9.17) is 0 Å². The molecule has 146 valence electrons. The third-order valence-electron chi connectivity index (χ3n) is 4.18. The largest absolute Gasteiger partial charge is 0.478 e. The highest BCUT2D eigenvalue weighted by Gasteiger charge is 2.17. The first-order valence-corrected chi connectivity index (χ1v) is 9.14. The van der Waals surface area contributed by atoms with Crippen LogP contribution in [-0.4, -0.2) is 31.9 Å². The fourth-order valence-electron chi connectivity index (χ4n) is 2.73. The van der Waals surface area contributed by atoms with Gasteiger partial charge in [-0.15, -0.1) is 11.3 Å². The Balaban J connectivity index is 1.55. The van der Waals surface area contributed by atoms with Crippen LogP contribution in [0.2, 0.25) is 0 Å². The van der Waals surface area contributed by atoms with Crippen molar-refractivity contribution < 1.29 is 23.5 Å². The molecular weight excluding hydrogens is 402 g/mol. The lowest BCUT2D eigenvalue weighted by Crippen LogP contribution is -2.23. The summed E-state index contributed by atoms with van der Waals surface area (Å²) in [7, 11) is 0. The molecule has 4 rings (SSSR count). The molecule has 0 atom stereocenters. The van der Waals surface area contributed by atoms with E-state index in [9.17, 15) is 23.5 Å². The maximum Gasteiger partial charge on any atom is 0.339 e. The van der Waals surface area contributed by atoms with Gasteiger partial charge in [-0.3, -0.25) is 4.79 Å². The van der Waals surface area contributed by atoms with Crippen molar-refractivity contribution >= 4 is 34.4 Å². The molecule has 0 saturated heterocycles. The molecule has 3 aromatic heterocycles. The number of amides is 1. The van der Waals surface area contributed by atoms with Gasteiger partial charge in [0.15, 0.2) is 5.65 Å². The van der Waals surface area contributed by atoms with Crippen molar-refractivity contribution in [2.45, 2.75) is 6.54 Å². The monoisotopic (exact) mass is 414 g/mol. The van der Waals surface area contributed by atoms with Gasteiger partial charge < -0.3 is 15.4 Å². The summed E-state index contributed by atoms with van der Waals surface area (Å²) in [5, 5.41) is 11.7. The molecule has 0 fully saturated rings. The molecule has 10 heteroatoms. The number of nitrogens with one attached hydrogen (secondary N) is 2. The molecular formula is C19H12F2N4O3S. The number of aromatic carboxylic acids is 1. The highest BCUT2D eigenvalue weighted by Crippen LogP contribution is 2.28. The highest BCUT2D eigenvalue weighted by atomic mass is 32.1. The number of fused-ring (bicyclic) bond motifs is 1. The molecule has 4 aromatic rings. The van der Waals surface area contributed by atoms with E-state index in [1.807, 2.05) is 0 Å². The van der Waals surface area contributed by atoms with Crippen LogP contribution < -0.4 is 5.32 Å². The van der Waals surface area contributed by atoms with E-state index in [2.05, 4.69) is 20.3 Å². The lowest BCUT2D eigenvalue weighted by Gasteiger charge is -2.06. The van der Waals surface area contributed by atoms with Gasteiger partial charge in [0.1, 0.15) is 22.7 Å². The number of nitrogens with zero attached hydrogens (tertiary/aromatic N) is 2. The van der Waals surface area contributed by atoms with Crippen molar-refractivity contribution in [1.29, 1.82) is 0 Å². The van der Waals surface area contributed by atoms with Crippen molar-refractivity contribution in [1.82, 2.24) is 20.3 Å². The topological polar surface area (TPSA) is 108 Å². The number of H-pyrrole nitrogens is 1. The van der Waals surface area contributed by atoms with Gasteiger partial charge in [0, 0.05) is 18.3 Å². The number of halogens is 2. The van der Waals surface area contributed by atoms with E-state index in [1.54, 1.807) is 12.1 Å². The van der Waals surface area contributed by atoms with Crippen LogP contribution in [0, 0.1) is 11.6 Å². The van der Waals surface area contributed by atoms with Gasteiger partial charge in [-0.05, 0) is 24.3 Å². The number of aromatic amines is 1. The zero-order valence-corrected chi connectivity index (χ0v) is 15.4. The van der Waals surface area contributed by atoms with Crippen LogP contribution in [0.25, 0.3) is 21.7 Å². The Hall–Kier alpha value is -3.66. The van der Waals surface area contributed by atoms with Crippen LogP contribution in [-0.2, 0) is 6.54 Å². The van der Waals surface area contributed by atoms with Gasteiger partial charge in [-0.25, -0.2) is 23.5 Å². The maximum atomic E-state index is 13.7. The number of thiophene rings is 1. The number of carbonyl (C=O) groups excluding carboxylic acids is 1. The Labute approximate surface area is 166 Å². The maximum absolute atomic E-state index is 13.7. The Morgan fingerprint density at radius 3 is 2.66 bits per heavy atom. The average Bonchev–Trinajstić information content (AvgIpc) is 3.34. The Morgan fingerprint density at radius 1 is 1.17 bits per heavy atom. The molecule has 0 aliphatic heterocycles. The van der Waals surface area contributed by atoms with Crippen molar-refractivity contribution in [3.8, 4) is 10.6 Å². The highest BCUT2D eigenvalue weighted by molar-refractivity contribution is 7.17. The molecule has 0 aliphatic rings. The van der Waals surface area contributed by atoms with Crippen LogP contribution in [0.5, 0.6) is 0 Å². The van der Waals surface area contributed by atoms with E-state index < -0.39 is 23.5 Å². The zero-order valence-electron chi connectivity index (χ0n) is 14.6. The second-order valence-corrected chi connectivity index (χ2v) is 7.09. The summed E-state index contributed by atoms with van der Waals surface area (Å²) in [5.74, 6) is -3.09. The van der Waals surface area contributed by atoms with E-state index in [0.717, 1.165) is 23.5 Å². The van der Waals surface area contributed by atoms with Crippen LogP contribution in [0.3, 0.4) is 0 Å². The molecule has 1 aromatic carbocycles. The first-order chi connectivity index (χ1) is 13.9. The minimum absolute atomic E-state index is 0.00390. The predicted octanol–water partition coefficient (Wildman–Crippen LogP) is 3.59. The molecule has 0 saturated carbocycles. The van der Waals surface area contributed by atoms with Gasteiger partial charge in [-0.2, -0.15) is 0 Å². The summed E-state index contributed by atoms with van der Waals surface area (Å²) in [6.45, 7) is -0.290. The molecule has 0 unspecified atom stereocenters. The second-order valence-electron chi connectivity index (χ2n) is 6.01. The summed E-state index contributed by atoms with van der Waals surface area (Å²) >= 11 is 1.10. The number of hydrogen-bond donors (Lipinski definition) is 3.